The van der Waals surface area contributed by atoms with Crippen molar-refractivity contribution in [3.8, 4) is 17.0 Å². The molecular formula is C23H18ClF4N7O2. The van der Waals surface area contributed by atoms with Crippen LogP contribution in [0.4, 0.5) is 29.1 Å². The van der Waals surface area contributed by atoms with Gasteiger partial charge in [-0.3, -0.25) is 19.9 Å². The molecule has 0 saturated heterocycles. The highest BCUT2D eigenvalue weighted by Gasteiger charge is 2.39. The lowest BCUT2D eigenvalue weighted by atomic mass is 10.1. The van der Waals surface area contributed by atoms with Crippen LogP contribution in [0.1, 0.15) is 21.6 Å². The van der Waals surface area contributed by atoms with Crippen molar-refractivity contribution in [3.63, 3.8) is 0 Å². The molecule has 2 aromatic carbocycles. The van der Waals surface area contributed by atoms with E-state index in [0.29, 0.717) is 27.5 Å². The van der Waals surface area contributed by atoms with Gasteiger partial charge in [0, 0.05) is 35.6 Å². The van der Waals surface area contributed by atoms with Gasteiger partial charge >= 0.3 is 6.18 Å². The molecule has 0 radical (unpaired) electrons. The van der Waals surface area contributed by atoms with E-state index in [2.05, 4.69) is 30.9 Å². The van der Waals surface area contributed by atoms with Crippen LogP contribution >= 0.6 is 11.6 Å². The van der Waals surface area contributed by atoms with Crippen molar-refractivity contribution in [3.05, 3.63) is 76.3 Å². The number of aromatic nitrogens is 4. The van der Waals surface area contributed by atoms with Crippen LogP contribution < -0.4 is 10.6 Å². The van der Waals surface area contributed by atoms with Crippen molar-refractivity contribution in [2.45, 2.75) is 13.1 Å². The van der Waals surface area contributed by atoms with Gasteiger partial charge in [-0.15, -0.1) is 0 Å². The molecule has 0 atom stereocenters. The molecule has 0 aliphatic heterocycles. The number of aliphatic imine (C=N–C) groups is 1. The van der Waals surface area contributed by atoms with Gasteiger partial charge in [0.1, 0.15) is 0 Å². The maximum Gasteiger partial charge on any atom is 0.435 e. The average molecular weight is 536 g/mol. The predicted molar refractivity (Wildman–Crippen MR) is 128 cm³/mol. The maximum absolute atomic E-state index is 13.8. The zero-order valence-corrected chi connectivity index (χ0v) is 19.9. The Morgan fingerprint density at radius 2 is 1.97 bits per heavy atom. The van der Waals surface area contributed by atoms with Crippen molar-refractivity contribution in [1.82, 2.24) is 25.3 Å². The van der Waals surface area contributed by atoms with Crippen LogP contribution in [-0.2, 0) is 13.2 Å². The van der Waals surface area contributed by atoms with E-state index in [1.807, 2.05) is 0 Å². The number of carbonyl (C=O) groups excluding carboxylic acids is 1. The number of H-pyrrole nitrogens is 1. The third-order valence-corrected chi connectivity index (χ3v) is 5.55. The zero-order chi connectivity index (χ0) is 26.9. The summed E-state index contributed by atoms with van der Waals surface area (Å²) in [5.74, 6) is -2.75. The number of rotatable bonds is 4. The molecule has 37 heavy (non-hydrogen) atoms. The number of benzene rings is 2. The number of anilines is 1. The molecule has 1 amide bonds. The van der Waals surface area contributed by atoms with E-state index in [-0.39, 0.29) is 11.8 Å². The van der Waals surface area contributed by atoms with Crippen LogP contribution in [0.5, 0.6) is 5.75 Å². The number of phenols is 1. The van der Waals surface area contributed by atoms with Crippen molar-refractivity contribution in [2.75, 3.05) is 5.32 Å². The van der Waals surface area contributed by atoms with Crippen molar-refractivity contribution in [1.29, 1.82) is 0 Å². The van der Waals surface area contributed by atoms with E-state index in [1.165, 1.54) is 19.2 Å². The fourth-order valence-corrected chi connectivity index (χ4v) is 3.48. The number of hydrogen-bond donors (Lipinski definition) is 4. The Labute approximate surface area is 211 Å². The number of amides is 1. The molecule has 0 unspecified atom stereocenters. The fraction of sp³-hybridized carbons (Fsp3) is 0.130. The summed E-state index contributed by atoms with van der Waals surface area (Å²) in [4.78, 5) is 17.1. The highest BCUT2D eigenvalue weighted by atomic mass is 35.5. The lowest BCUT2D eigenvalue weighted by molar-refractivity contribution is -0.141. The van der Waals surface area contributed by atoms with E-state index in [9.17, 15) is 27.5 Å². The molecule has 2 aromatic heterocycles. The highest BCUT2D eigenvalue weighted by Crippen LogP contribution is 2.31. The lowest BCUT2D eigenvalue weighted by Gasteiger charge is -2.14. The number of aromatic hydroxyl groups is 1. The summed E-state index contributed by atoms with van der Waals surface area (Å²) in [7, 11) is 1.26. The molecule has 14 heteroatoms. The highest BCUT2D eigenvalue weighted by molar-refractivity contribution is 6.31. The van der Waals surface area contributed by atoms with Crippen molar-refractivity contribution in [2.24, 2.45) is 12.0 Å². The molecule has 0 saturated carbocycles. The average Bonchev–Trinajstić information content (AvgIpc) is 3.45. The Morgan fingerprint density at radius 3 is 2.68 bits per heavy atom. The van der Waals surface area contributed by atoms with Crippen molar-refractivity contribution < 1.29 is 27.5 Å². The first-order chi connectivity index (χ1) is 17.4. The minimum atomic E-state index is -4.86. The van der Waals surface area contributed by atoms with E-state index >= 15 is 0 Å². The number of aryl methyl sites for hydroxylation is 1. The van der Waals surface area contributed by atoms with Gasteiger partial charge in [-0.2, -0.15) is 28.4 Å². The predicted octanol–water partition coefficient (Wildman–Crippen LogP) is 5.17. The summed E-state index contributed by atoms with van der Waals surface area (Å²) in [6.07, 6.45) is -3.93. The number of nitrogens with one attached hydrogen (secondary N) is 3. The Bertz CT molecular complexity index is 1510. The second-order valence-corrected chi connectivity index (χ2v) is 8.23. The fourth-order valence-electron chi connectivity index (χ4n) is 3.30. The van der Waals surface area contributed by atoms with Gasteiger partial charge in [0.15, 0.2) is 23.1 Å². The quantitative estimate of drug-likeness (QED) is 0.163. The minimum Gasteiger partial charge on any atom is -0.505 e. The number of nitrogens with zero attached hydrogens (tertiary/aromatic N) is 4. The number of halogens is 5. The summed E-state index contributed by atoms with van der Waals surface area (Å²) in [5, 5.41) is 24.9. The molecule has 192 valence electrons. The maximum atomic E-state index is 13.8. The van der Waals surface area contributed by atoms with Crippen LogP contribution in [0.15, 0.2) is 53.7 Å². The summed E-state index contributed by atoms with van der Waals surface area (Å²) in [6.45, 7) is 1.69. The monoisotopic (exact) mass is 535 g/mol. The third kappa shape index (κ3) is 5.72. The third-order valence-electron chi connectivity index (χ3n) is 5.14. The SMILES string of the molecule is Cc1c(Cl)cccc1NC(=Nc1cc(-c2ccc(O)c(F)c2)[nH]n1)NC(=O)c1cn(C)nc1C(F)(F)F. The van der Waals surface area contributed by atoms with Crippen molar-refractivity contribution >= 4 is 35.0 Å². The molecule has 0 bridgehead atoms. The molecule has 0 spiro atoms. The van der Waals surface area contributed by atoms with E-state index in [0.717, 1.165) is 23.0 Å². The van der Waals surface area contributed by atoms with Crippen LogP contribution in [-0.4, -0.2) is 37.0 Å². The van der Waals surface area contributed by atoms with Gasteiger partial charge in [-0.05, 0) is 42.8 Å². The molecular weight excluding hydrogens is 518 g/mol. The molecule has 2 heterocycles. The molecule has 4 N–H and O–H groups in total. The number of phenolic OH excluding ortho intramolecular Hbond substituents is 1. The summed E-state index contributed by atoms with van der Waals surface area (Å²) in [5.41, 5.74) is -0.389. The van der Waals surface area contributed by atoms with E-state index in [4.69, 9.17) is 11.6 Å². The first-order valence-corrected chi connectivity index (χ1v) is 10.9. The number of guanidine groups is 1. The Hall–Kier alpha value is -4.39. The Morgan fingerprint density at radius 1 is 1.22 bits per heavy atom. The molecule has 9 nitrogen and oxygen atoms in total. The molecule has 0 aliphatic carbocycles. The van der Waals surface area contributed by atoms with E-state index in [1.54, 1.807) is 25.1 Å². The largest absolute Gasteiger partial charge is 0.505 e. The number of aromatic amines is 1. The van der Waals surface area contributed by atoms with Gasteiger partial charge in [-0.1, -0.05) is 17.7 Å². The van der Waals surface area contributed by atoms with Crippen LogP contribution in [0, 0.1) is 12.7 Å². The molecule has 0 fully saturated rings. The van der Waals surface area contributed by atoms with Gasteiger partial charge in [0.25, 0.3) is 5.91 Å². The number of alkyl halides is 3. The molecule has 0 aliphatic rings. The summed E-state index contributed by atoms with van der Waals surface area (Å²) < 4.78 is 54.8. The number of hydrogen-bond acceptors (Lipinski definition) is 5. The van der Waals surface area contributed by atoms with Crippen LogP contribution in [0.2, 0.25) is 5.02 Å². The summed E-state index contributed by atoms with van der Waals surface area (Å²) in [6, 6.07) is 9.99. The Balaban J connectivity index is 1.70. The van der Waals surface area contributed by atoms with Crippen LogP contribution in [0.25, 0.3) is 11.3 Å². The summed E-state index contributed by atoms with van der Waals surface area (Å²) >= 11 is 6.16. The normalized spacial score (nSPS) is 12.0. The standard InChI is InChI=1S/C23H18ClF4N7O2/c1-11-14(24)4-3-5-16(11)29-22(31-21(37)13-10-35(2)34-20(13)23(26,27)28)30-19-9-17(32-33-19)12-6-7-18(36)15(25)8-12/h3-10,36H,1-2H3,(H3,29,30,31,32,33,37). The molecule has 4 aromatic rings. The number of carbonyl (C=O) groups is 1. The Kier molecular flexibility index (Phi) is 6.90. The second kappa shape index (κ2) is 9.93. The molecule has 4 rings (SSSR count). The van der Waals surface area contributed by atoms with E-state index < -0.39 is 34.9 Å². The smallest absolute Gasteiger partial charge is 0.435 e. The van der Waals surface area contributed by atoms with Gasteiger partial charge in [0.05, 0.1) is 11.3 Å². The van der Waals surface area contributed by atoms with Gasteiger partial charge in [-0.25, -0.2) is 4.39 Å². The lowest BCUT2D eigenvalue weighted by Crippen LogP contribution is -2.36. The topological polar surface area (TPSA) is 120 Å². The van der Waals surface area contributed by atoms with Gasteiger partial charge < -0.3 is 10.4 Å². The second-order valence-electron chi connectivity index (χ2n) is 7.82. The first-order valence-electron chi connectivity index (χ1n) is 10.5. The van der Waals surface area contributed by atoms with Crippen LogP contribution in [0.3, 0.4) is 0 Å². The van der Waals surface area contributed by atoms with Gasteiger partial charge in [0.2, 0.25) is 5.96 Å². The zero-order valence-electron chi connectivity index (χ0n) is 19.2. The minimum absolute atomic E-state index is 0.00759. The first kappa shape index (κ1) is 25.7.